The first-order chi connectivity index (χ1) is 9.21. The predicted octanol–water partition coefficient (Wildman–Crippen LogP) is 1.12. The van der Waals surface area contributed by atoms with Crippen LogP contribution in [0.4, 0.5) is 0 Å². The van der Waals surface area contributed by atoms with E-state index in [9.17, 15) is 8.42 Å². The second-order valence-corrected chi connectivity index (χ2v) is 9.22. The highest BCUT2D eigenvalue weighted by atomic mass is 32.2. The van der Waals surface area contributed by atoms with Crippen LogP contribution in [0.15, 0.2) is 0 Å². The summed E-state index contributed by atoms with van der Waals surface area (Å²) in [4.78, 5) is 4.37. The van der Waals surface area contributed by atoms with Gasteiger partial charge < -0.3 is 0 Å². The van der Waals surface area contributed by atoms with Crippen LogP contribution in [0, 0.1) is 11.3 Å². The van der Waals surface area contributed by atoms with Crippen molar-refractivity contribution in [3.05, 3.63) is 0 Å². The molecule has 0 aromatic heterocycles. The molecule has 0 saturated carbocycles. The number of nitriles is 1. The Morgan fingerprint density at radius 2 is 1.75 bits per heavy atom. The smallest absolute Gasteiger partial charge is 0.156 e. The lowest BCUT2D eigenvalue weighted by molar-refractivity contribution is 0.117. The van der Waals surface area contributed by atoms with Crippen molar-refractivity contribution in [2.45, 2.75) is 44.9 Å². The molecule has 6 heteroatoms. The van der Waals surface area contributed by atoms with Gasteiger partial charge >= 0.3 is 0 Å². The average Bonchev–Trinajstić information content (AvgIpc) is 2.38. The minimum atomic E-state index is -3.04. The van der Waals surface area contributed by atoms with Crippen LogP contribution in [-0.4, -0.2) is 67.5 Å². The number of hydrogen-bond acceptors (Lipinski definition) is 5. The lowest BCUT2D eigenvalue weighted by Gasteiger charge is -2.36. The molecular formula is C14H27N3O2S. The van der Waals surface area contributed by atoms with Gasteiger partial charge in [0.1, 0.15) is 0 Å². The number of sulfone groups is 1. The monoisotopic (exact) mass is 301 g/mol. The molecule has 1 aliphatic heterocycles. The van der Waals surface area contributed by atoms with Gasteiger partial charge in [-0.15, -0.1) is 0 Å². The van der Waals surface area contributed by atoms with E-state index in [0.29, 0.717) is 6.54 Å². The number of piperazine rings is 1. The first-order valence-electron chi connectivity index (χ1n) is 7.29. The predicted molar refractivity (Wildman–Crippen MR) is 81.2 cm³/mol. The molecule has 0 amide bonds. The van der Waals surface area contributed by atoms with Crippen molar-refractivity contribution < 1.29 is 8.42 Å². The topological polar surface area (TPSA) is 64.4 Å². The lowest BCUT2D eigenvalue weighted by atomic mass is 10.2. The van der Waals surface area contributed by atoms with Gasteiger partial charge in [-0.2, -0.15) is 5.26 Å². The zero-order chi connectivity index (χ0) is 15.4. The Hall–Kier alpha value is -0.640. The first-order valence-corrected chi connectivity index (χ1v) is 8.95. The molecule has 1 saturated heterocycles. The highest BCUT2D eigenvalue weighted by Gasteiger charge is 2.30. The Balaban J connectivity index is 2.43. The fourth-order valence-electron chi connectivity index (χ4n) is 2.29. The molecule has 0 spiro atoms. The SMILES string of the molecule is CCC(C#N)N1CCN(CCS(=O)(=O)C(C)(C)C)CC1. The van der Waals surface area contributed by atoms with Crippen LogP contribution in [0.2, 0.25) is 0 Å². The van der Waals surface area contributed by atoms with Crippen molar-refractivity contribution in [3.8, 4) is 6.07 Å². The average molecular weight is 301 g/mol. The molecule has 1 unspecified atom stereocenters. The Kier molecular flexibility index (Phi) is 5.99. The molecule has 0 aromatic rings. The molecule has 0 bridgehead atoms. The highest BCUT2D eigenvalue weighted by Crippen LogP contribution is 2.16. The third-order valence-electron chi connectivity index (χ3n) is 3.99. The second kappa shape index (κ2) is 6.88. The van der Waals surface area contributed by atoms with Crippen LogP contribution in [-0.2, 0) is 9.84 Å². The maximum atomic E-state index is 12.1. The summed E-state index contributed by atoms with van der Waals surface area (Å²) in [7, 11) is -3.04. The van der Waals surface area contributed by atoms with E-state index in [0.717, 1.165) is 32.6 Å². The van der Waals surface area contributed by atoms with E-state index in [1.165, 1.54) is 0 Å². The van der Waals surface area contributed by atoms with Gasteiger partial charge in [0.05, 0.1) is 22.6 Å². The molecule has 20 heavy (non-hydrogen) atoms. The Morgan fingerprint density at radius 3 is 2.15 bits per heavy atom. The molecule has 1 fully saturated rings. The van der Waals surface area contributed by atoms with Crippen LogP contribution < -0.4 is 0 Å². The molecule has 116 valence electrons. The van der Waals surface area contributed by atoms with E-state index in [4.69, 9.17) is 5.26 Å². The fourth-order valence-corrected chi connectivity index (χ4v) is 3.40. The summed E-state index contributed by atoms with van der Waals surface area (Å²) >= 11 is 0. The molecule has 1 atom stereocenters. The van der Waals surface area contributed by atoms with Gasteiger partial charge in [-0.25, -0.2) is 8.42 Å². The maximum absolute atomic E-state index is 12.1. The normalized spacial score (nSPS) is 20.6. The van der Waals surface area contributed by atoms with Gasteiger partial charge in [-0.3, -0.25) is 9.80 Å². The zero-order valence-electron chi connectivity index (χ0n) is 13.1. The van der Waals surface area contributed by atoms with Gasteiger partial charge in [-0.05, 0) is 27.2 Å². The quantitative estimate of drug-likeness (QED) is 0.761. The lowest BCUT2D eigenvalue weighted by Crippen LogP contribution is -2.51. The molecule has 0 aliphatic carbocycles. The van der Waals surface area contributed by atoms with E-state index in [2.05, 4.69) is 15.9 Å². The van der Waals surface area contributed by atoms with Crippen molar-refractivity contribution in [1.29, 1.82) is 5.26 Å². The van der Waals surface area contributed by atoms with Crippen molar-refractivity contribution in [2.24, 2.45) is 0 Å². The summed E-state index contributed by atoms with van der Waals surface area (Å²) in [6, 6.07) is 2.32. The van der Waals surface area contributed by atoms with E-state index < -0.39 is 14.6 Å². The summed E-state index contributed by atoms with van der Waals surface area (Å²) < 4.78 is 23.5. The van der Waals surface area contributed by atoms with Crippen molar-refractivity contribution >= 4 is 9.84 Å². The summed E-state index contributed by atoms with van der Waals surface area (Å²) in [5.74, 6) is 0.214. The minimum absolute atomic E-state index is 0.00421. The van der Waals surface area contributed by atoms with E-state index in [1.54, 1.807) is 20.8 Å². The first kappa shape index (κ1) is 17.4. The molecule has 1 aliphatic rings. The third-order valence-corrected chi connectivity index (χ3v) is 6.58. The van der Waals surface area contributed by atoms with E-state index >= 15 is 0 Å². The van der Waals surface area contributed by atoms with E-state index in [-0.39, 0.29) is 11.8 Å². The van der Waals surface area contributed by atoms with Crippen LogP contribution >= 0.6 is 0 Å². The summed E-state index contributed by atoms with van der Waals surface area (Å²) in [6.45, 7) is 11.3. The molecule has 0 radical (unpaired) electrons. The number of rotatable bonds is 5. The summed E-state index contributed by atoms with van der Waals surface area (Å²) in [6.07, 6.45) is 0.842. The van der Waals surface area contributed by atoms with Crippen LogP contribution in [0.25, 0.3) is 0 Å². The third kappa shape index (κ3) is 4.44. The number of nitrogens with zero attached hydrogens (tertiary/aromatic N) is 3. The molecule has 0 N–H and O–H groups in total. The van der Waals surface area contributed by atoms with Crippen molar-refractivity contribution in [1.82, 2.24) is 9.80 Å². The molecular weight excluding hydrogens is 274 g/mol. The zero-order valence-corrected chi connectivity index (χ0v) is 13.9. The molecule has 1 heterocycles. The van der Waals surface area contributed by atoms with Crippen LogP contribution in [0.5, 0.6) is 0 Å². The van der Waals surface area contributed by atoms with Gasteiger partial charge in [-0.1, -0.05) is 6.92 Å². The highest BCUT2D eigenvalue weighted by molar-refractivity contribution is 7.92. The maximum Gasteiger partial charge on any atom is 0.156 e. The second-order valence-electron chi connectivity index (χ2n) is 6.36. The van der Waals surface area contributed by atoms with Gasteiger partial charge in [0.2, 0.25) is 0 Å². The van der Waals surface area contributed by atoms with Crippen LogP contribution in [0.1, 0.15) is 34.1 Å². The Bertz CT molecular complexity index is 440. The summed E-state index contributed by atoms with van der Waals surface area (Å²) in [5.41, 5.74) is 0. The minimum Gasteiger partial charge on any atom is -0.300 e. The molecule has 5 nitrogen and oxygen atoms in total. The standard InChI is InChI=1S/C14H27N3O2S/c1-5-13(12-15)17-8-6-16(7-9-17)10-11-20(18,19)14(2,3)4/h13H,5-11H2,1-4H3. The van der Waals surface area contributed by atoms with Gasteiger partial charge in [0.15, 0.2) is 9.84 Å². The largest absolute Gasteiger partial charge is 0.300 e. The van der Waals surface area contributed by atoms with Crippen LogP contribution in [0.3, 0.4) is 0 Å². The van der Waals surface area contributed by atoms with Crippen molar-refractivity contribution in [2.75, 3.05) is 38.5 Å². The molecule has 1 rings (SSSR count). The van der Waals surface area contributed by atoms with Crippen molar-refractivity contribution in [3.63, 3.8) is 0 Å². The van der Waals surface area contributed by atoms with Gasteiger partial charge in [0.25, 0.3) is 0 Å². The molecule has 0 aromatic carbocycles. The number of hydrogen-bond donors (Lipinski definition) is 0. The van der Waals surface area contributed by atoms with E-state index in [1.807, 2.05) is 6.92 Å². The Morgan fingerprint density at radius 1 is 1.20 bits per heavy atom. The summed E-state index contributed by atoms with van der Waals surface area (Å²) in [5, 5.41) is 9.06. The van der Waals surface area contributed by atoms with Gasteiger partial charge in [0, 0.05) is 32.7 Å². The fraction of sp³-hybridized carbons (Fsp3) is 0.929. The Labute approximate surface area is 123 Å².